The molecular weight excluding hydrogens is 802 g/mol. The van der Waals surface area contributed by atoms with Crippen LogP contribution in [0.3, 0.4) is 0 Å². The van der Waals surface area contributed by atoms with Gasteiger partial charge in [-0.05, 0) is 113 Å². The number of carboxylic acids is 1. The van der Waals surface area contributed by atoms with Gasteiger partial charge in [0.05, 0.1) is 0 Å². The molecule has 1 aliphatic heterocycles. The topological polar surface area (TPSA) is 133 Å². The fourth-order valence-electron chi connectivity index (χ4n) is 5.41. The Labute approximate surface area is 361 Å². The van der Waals surface area contributed by atoms with Crippen molar-refractivity contribution in [1.29, 1.82) is 0 Å². The van der Waals surface area contributed by atoms with Crippen molar-refractivity contribution < 1.29 is 66.6 Å². The number of rotatable bonds is 14. The largest absolute Gasteiger partial charge is 1.00 e. The monoisotopic (exact) mass is 843 g/mol. The van der Waals surface area contributed by atoms with E-state index < -0.39 is 28.9 Å². The van der Waals surface area contributed by atoms with E-state index >= 15 is 0 Å². The average Bonchev–Trinajstić information content (AvgIpc) is 3.17. The summed E-state index contributed by atoms with van der Waals surface area (Å²) in [5.41, 5.74) is 5.59. The van der Waals surface area contributed by atoms with Crippen LogP contribution in [0.2, 0.25) is 0 Å². The molecule has 0 fully saturated rings. The van der Waals surface area contributed by atoms with E-state index in [1.807, 2.05) is 144 Å². The van der Waals surface area contributed by atoms with E-state index in [1.165, 1.54) is 0 Å². The Morgan fingerprint density at radius 3 is 0.776 bits per heavy atom. The normalized spacial score (nSPS) is 16.2. The van der Waals surface area contributed by atoms with Crippen molar-refractivity contribution in [1.82, 2.24) is 0 Å². The second kappa shape index (κ2) is 18.5. The van der Waals surface area contributed by atoms with Gasteiger partial charge < -0.3 is 37.0 Å². The van der Waals surface area contributed by atoms with Crippen LogP contribution in [-0.2, 0) is 11.2 Å². The Bertz CT molecular complexity index is 2330. The standard InChI is InChI=1S/C43H42N3O8P3.Na/c1-31-6-18-37(19-7-31)49-55(50-38-20-8-32(2)9-21-38)44-56(51-39-22-10-33(3)11-23-39,52-40-24-12-34(4)13-25-40)46-57(45-55,53-41-26-14-35(5)15-27-41)54-42-28-16-36(17-29-42)30-43(47)48;/h6-29H,30H2,1-5H3,(H,47,48);/q;+1/p-1. The molecular formula is C43H41N3NaO8P3. The summed E-state index contributed by atoms with van der Waals surface area (Å²) in [6.07, 6.45) is -0.277. The quantitative estimate of drug-likeness (QED) is 0.0784. The van der Waals surface area contributed by atoms with Crippen LogP contribution in [0, 0.1) is 34.6 Å². The van der Waals surface area contributed by atoms with E-state index in [4.69, 9.17) is 40.7 Å². The van der Waals surface area contributed by atoms with E-state index in [0.29, 0.717) is 34.3 Å². The first-order chi connectivity index (χ1) is 27.3. The molecule has 0 saturated carbocycles. The SMILES string of the molecule is Cc1ccc(OP2(Oc3ccc(C)cc3)=NP(Oc3ccc(C)cc3)(Oc3ccc(C)cc3)=NP(Oc3ccc(C)cc3)(Oc3ccc(CC(=O)[O-])cc3)=N2)cc1.[Na+]. The summed E-state index contributed by atoms with van der Waals surface area (Å²) in [5, 5.41) is 11.4. The Hall–Kier alpha value is -4.72. The van der Waals surface area contributed by atoms with Gasteiger partial charge in [0.1, 0.15) is 34.5 Å². The molecule has 0 saturated heterocycles. The van der Waals surface area contributed by atoms with E-state index in [0.717, 1.165) is 27.8 Å². The van der Waals surface area contributed by atoms with E-state index in [2.05, 4.69) is 0 Å². The van der Waals surface area contributed by atoms with Gasteiger partial charge in [0.25, 0.3) is 0 Å². The van der Waals surface area contributed by atoms with Crippen LogP contribution in [0.5, 0.6) is 34.5 Å². The molecule has 11 nitrogen and oxygen atoms in total. The van der Waals surface area contributed by atoms with Gasteiger partial charge in [-0.15, -0.1) is 0 Å². The van der Waals surface area contributed by atoms with Gasteiger partial charge in [-0.25, -0.2) is 0 Å². The number of benzene rings is 6. The third kappa shape index (κ3) is 11.3. The average molecular weight is 844 g/mol. The first kappa shape index (κ1) is 42.9. The predicted octanol–water partition coefficient (Wildman–Crippen LogP) is 9.15. The summed E-state index contributed by atoms with van der Waals surface area (Å²) in [6, 6.07) is 43.7. The van der Waals surface area contributed by atoms with Crippen LogP contribution in [0.25, 0.3) is 0 Å². The molecule has 58 heavy (non-hydrogen) atoms. The van der Waals surface area contributed by atoms with Gasteiger partial charge in [-0.2, -0.15) is 0 Å². The van der Waals surface area contributed by atoms with Crippen LogP contribution >= 0.6 is 23.0 Å². The summed E-state index contributed by atoms with van der Waals surface area (Å²) in [4.78, 5) is 11.4. The fourth-order valence-corrected chi connectivity index (χ4v) is 14.5. The Kier molecular flexibility index (Phi) is 13.7. The zero-order valence-corrected chi connectivity index (χ0v) is 37.7. The Morgan fingerprint density at radius 2 is 0.586 bits per heavy atom. The number of nitrogens with zero attached hydrogens (tertiary/aromatic N) is 3. The molecule has 6 aromatic carbocycles. The van der Waals surface area contributed by atoms with Gasteiger partial charge in [0.2, 0.25) is 0 Å². The molecule has 0 amide bonds. The third-order valence-corrected chi connectivity index (χ3v) is 16.5. The third-order valence-electron chi connectivity index (χ3n) is 8.40. The summed E-state index contributed by atoms with van der Waals surface area (Å²) in [5.74, 6) is 1.13. The molecule has 292 valence electrons. The van der Waals surface area contributed by atoms with Gasteiger partial charge in [-0.3, -0.25) is 0 Å². The molecule has 0 bridgehead atoms. The zero-order valence-electron chi connectivity index (χ0n) is 33.0. The van der Waals surface area contributed by atoms with Gasteiger partial charge in [0.15, 0.2) is 0 Å². The van der Waals surface area contributed by atoms with Crippen molar-refractivity contribution in [2.45, 2.75) is 41.0 Å². The minimum absolute atomic E-state index is 0. The van der Waals surface area contributed by atoms with Crippen LogP contribution in [0.15, 0.2) is 159 Å². The number of aliphatic carboxylic acids is 1. The first-order valence-corrected chi connectivity index (χ1v) is 22.7. The molecule has 1 aliphatic rings. The molecule has 1 atom stereocenters. The van der Waals surface area contributed by atoms with Crippen molar-refractivity contribution >= 4 is 28.9 Å². The number of carbonyl (C=O) groups is 1. The first-order valence-electron chi connectivity index (χ1n) is 18.1. The fraction of sp³-hybridized carbons (Fsp3) is 0.140. The number of carboxylic acid groups (broad SMARTS) is 1. The Balaban J connectivity index is 0.00000567. The number of carbonyl (C=O) groups excluding carboxylic acids is 1. The molecule has 1 unspecified atom stereocenters. The van der Waals surface area contributed by atoms with Gasteiger partial charge >= 0.3 is 52.5 Å². The smallest absolute Gasteiger partial charge is 0.550 e. The van der Waals surface area contributed by atoms with Gasteiger partial charge in [0, 0.05) is 12.4 Å². The molecule has 7 rings (SSSR count). The molecule has 0 aliphatic carbocycles. The van der Waals surface area contributed by atoms with E-state index in [9.17, 15) is 9.90 Å². The van der Waals surface area contributed by atoms with E-state index in [-0.39, 0.29) is 41.7 Å². The molecule has 0 spiro atoms. The molecule has 1 heterocycles. The summed E-state index contributed by atoms with van der Waals surface area (Å²) < 4.78 is 56.9. The predicted molar refractivity (Wildman–Crippen MR) is 223 cm³/mol. The van der Waals surface area contributed by atoms with Crippen molar-refractivity contribution in [3.63, 3.8) is 0 Å². The summed E-state index contributed by atoms with van der Waals surface area (Å²) in [7, 11) is -12.2. The van der Waals surface area contributed by atoms with Crippen molar-refractivity contribution in [2.75, 3.05) is 0 Å². The maximum Gasteiger partial charge on any atom is 1.00 e. The number of aryl methyl sites for hydroxylation is 5. The maximum absolute atomic E-state index is 11.4. The molecule has 15 heteroatoms. The van der Waals surface area contributed by atoms with Gasteiger partial charge in [-0.1, -0.05) is 114 Å². The molecule has 0 radical (unpaired) electrons. The van der Waals surface area contributed by atoms with Crippen molar-refractivity contribution in [2.24, 2.45) is 13.5 Å². The van der Waals surface area contributed by atoms with Crippen LogP contribution in [-0.4, -0.2) is 5.97 Å². The maximum atomic E-state index is 11.4. The minimum atomic E-state index is -4.09. The van der Waals surface area contributed by atoms with Crippen LogP contribution < -0.4 is 61.8 Å². The van der Waals surface area contributed by atoms with Crippen molar-refractivity contribution in [3.8, 4) is 34.5 Å². The summed E-state index contributed by atoms with van der Waals surface area (Å²) >= 11 is 0. The molecule has 6 aromatic rings. The van der Waals surface area contributed by atoms with Crippen LogP contribution in [0.1, 0.15) is 33.4 Å². The number of hydrogen-bond acceptors (Lipinski definition) is 11. The van der Waals surface area contributed by atoms with Crippen molar-refractivity contribution in [3.05, 3.63) is 179 Å². The van der Waals surface area contributed by atoms with Crippen LogP contribution in [0.4, 0.5) is 0 Å². The number of hydrogen-bond donors (Lipinski definition) is 0. The second-order valence-corrected chi connectivity index (χ2v) is 19.7. The molecule has 0 N–H and O–H groups in total. The Morgan fingerprint density at radius 1 is 0.397 bits per heavy atom. The second-order valence-electron chi connectivity index (χ2n) is 13.5. The molecule has 0 aromatic heterocycles. The summed E-state index contributed by atoms with van der Waals surface area (Å²) in [6.45, 7) is 9.88. The zero-order chi connectivity index (χ0) is 40.0. The minimum Gasteiger partial charge on any atom is -0.550 e. The van der Waals surface area contributed by atoms with E-state index in [1.54, 1.807) is 36.4 Å².